The molecule has 3 aliphatic heterocycles. The third-order valence-electron chi connectivity index (χ3n) is 8.26. The molecule has 2 atom stereocenters. The Morgan fingerprint density at radius 3 is 2.52 bits per heavy atom. The highest BCUT2D eigenvalue weighted by Gasteiger charge is 2.46. The standard InChI is InChI=1S/C32H33F2N3O6S/c1-17(2)29(18(3)4)42-32(40)43-30-23(38)11-12-36-28(30)31(39)35-13-14-41-15-25(35)37(36)27-19-9-10-22(33)26(34)21(19)16-44-24-8-6-5-7-20(24)27/h5-12,17-18,25,27,29H,13-16H2,1-4H3/t25-,27+/m1/s1. The summed E-state index contributed by atoms with van der Waals surface area (Å²) in [5.41, 5.74) is 0.656. The highest BCUT2D eigenvalue weighted by molar-refractivity contribution is 7.98. The van der Waals surface area contributed by atoms with Crippen molar-refractivity contribution in [1.82, 2.24) is 9.58 Å². The topological polar surface area (TPSA) is 90.3 Å². The minimum atomic E-state index is -1.09. The molecule has 0 spiro atoms. The van der Waals surface area contributed by atoms with Crippen LogP contribution in [0.25, 0.3) is 0 Å². The van der Waals surface area contributed by atoms with Gasteiger partial charge in [-0.2, -0.15) is 0 Å². The number of hydrogen-bond acceptors (Lipinski definition) is 8. The molecule has 1 amide bonds. The number of thioether (sulfide) groups is 1. The number of morpholine rings is 1. The van der Waals surface area contributed by atoms with Crippen molar-refractivity contribution >= 4 is 23.8 Å². The third-order valence-corrected chi connectivity index (χ3v) is 9.38. The molecule has 3 aliphatic rings. The van der Waals surface area contributed by atoms with Crippen molar-refractivity contribution in [2.45, 2.75) is 56.7 Å². The van der Waals surface area contributed by atoms with Gasteiger partial charge in [-0.1, -0.05) is 52.0 Å². The van der Waals surface area contributed by atoms with Crippen molar-refractivity contribution in [3.8, 4) is 5.75 Å². The quantitative estimate of drug-likeness (QED) is 0.345. The van der Waals surface area contributed by atoms with Gasteiger partial charge in [-0.05, 0) is 35.1 Å². The van der Waals surface area contributed by atoms with Crippen LogP contribution in [-0.4, -0.2) is 53.7 Å². The summed E-state index contributed by atoms with van der Waals surface area (Å²) in [6.07, 6.45) is -0.816. The number of carbonyl (C=O) groups excluding carboxylic acids is 2. The van der Waals surface area contributed by atoms with E-state index in [0.29, 0.717) is 5.56 Å². The van der Waals surface area contributed by atoms with Crippen molar-refractivity contribution in [2.75, 3.05) is 24.8 Å². The summed E-state index contributed by atoms with van der Waals surface area (Å²) in [5.74, 6) is -2.73. The molecule has 9 nitrogen and oxygen atoms in total. The molecule has 3 aromatic rings. The monoisotopic (exact) mass is 625 g/mol. The first kappa shape index (κ1) is 30.1. The molecule has 1 saturated heterocycles. The van der Waals surface area contributed by atoms with Crippen LogP contribution < -0.4 is 15.2 Å². The van der Waals surface area contributed by atoms with Gasteiger partial charge in [0, 0.05) is 35.0 Å². The van der Waals surface area contributed by atoms with Crippen LogP contribution in [0.1, 0.15) is 60.9 Å². The predicted octanol–water partition coefficient (Wildman–Crippen LogP) is 5.47. The summed E-state index contributed by atoms with van der Waals surface area (Å²) in [7, 11) is 0. The van der Waals surface area contributed by atoms with Gasteiger partial charge in [0.1, 0.15) is 12.3 Å². The number of rotatable bonds is 5. The van der Waals surface area contributed by atoms with E-state index < -0.39 is 53.2 Å². The highest BCUT2D eigenvalue weighted by atomic mass is 32.2. The predicted molar refractivity (Wildman–Crippen MR) is 159 cm³/mol. The molecule has 0 unspecified atom stereocenters. The van der Waals surface area contributed by atoms with Crippen molar-refractivity contribution in [3.63, 3.8) is 0 Å². The molecule has 4 heterocycles. The molecule has 12 heteroatoms. The number of halogens is 2. The maximum Gasteiger partial charge on any atom is 0.514 e. The maximum atomic E-state index is 15.4. The second-order valence-corrected chi connectivity index (χ2v) is 12.7. The Kier molecular flexibility index (Phi) is 8.14. The summed E-state index contributed by atoms with van der Waals surface area (Å²) in [5, 5.41) is 1.82. The van der Waals surface area contributed by atoms with Gasteiger partial charge in [-0.3, -0.25) is 19.3 Å². The van der Waals surface area contributed by atoms with Crippen LogP contribution in [-0.2, 0) is 15.2 Å². The molecule has 0 aliphatic carbocycles. The van der Waals surface area contributed by atoms with Crippen LogP contribution in [0.2, 0.25) is 0 Å². The molecule has 0 bridgehead atoms. The number of fused-ring (bicyclic) bond motifs is 4. The number of benzene rings is 2. The van der Waals surface area contributed by atoms with Gasteiger partial charge in [-0.25, -0.2) is 13.6 Å². The number of pyridine rings is 1. The Balaban J connectivity index is 1.54. The first-order chi connectivity index (χ1) is 21.1. The second-order valence-electron chi connectivity index (χ2n) is 11.7. The van der Waals surface area contributed by atoms with E-state index in [9.17, 15) is 18.8 Å². The fraction of sp³-hybridized carbons (Fsp3) is 0.406. The summed E-state index contributed by atoms with van der Waals surface area (Å²) in [4.78, 5) is 42.8. The molecule has 0 radical (unpaired) electrons. The van der Waals surface area contributed by atoms with E-state index in [4.69, 9.17) is 14.2 Å². The lowest BCUT2D eigenvalue weighted by Gasteiger charge is -2.51. The van der Waals surface area contributed by atoms with Crippen LogP contribution in [0.4, 0.5) is 13.6 Å². The summed E-state index contributed by atoms with van der Waals surface area (Å²) < 4.78 is 48.4. The van der Waals surface area contributed by atoms with Crippen LogP contribution in [0.15, 0.2) is 58.4 Å². The number of ether oxygens (including phenoxy) is 3. The van der Waals surface area contributed by atoms with Gasteiger partial charge in [0.2, 0.25) is 11.2 Å². The SMILES string of the molecule is CC(C)C(OC(=O)Oc1c2n(ccc1=O)N([C@@H]1c3ccccc3SCc3c1ccc(F)c3F)[C@@H]1COCCN1C2=O)C(C)C. The number of hydrogen-bond donors (Lipinski definition) is 0. The van der Waals surface area contributed by atoms with Gasteiger partial charge in [0.15, 0.2) is 17.3 Å². The summed E-state index contributed by atoms with van der Waals surface area (Å²) in [6.45, 7) is 8.20. The fourth-order valence-electron chi connectivity index (χ4n) is 6.33. The van der Waals surface area contributed by atoms with E-state index >= 15 is 4.39 Å². The number of aromatic nitrogens is 1. The van der Waals surface area contributed by atoms with E-state index in [1.54, 1.807) is 11.0 Å². The summed E-state index contributed by atoms with van der Waals surface area (Å²) >= 11 is 1.39. The van der Waals surface area contributed by atoms with Crippen molar-refractivity contribution < 1.29 is 32.6 Å². The molecular formula is C32H33F2N3O6S. The van der Waals surface area contributed by atoms with E-state index in [1.807, 2.05) is 57.0 Å². The van der Waals surface area contributed by atoms with Crippen molar-refractivity contribution in [2.24, 2.45) is 11.8 Å². The molecule has 2 aromatic carbocycles. The number of amides is 1. The van der Waals surface area contributed by atoms with Gasteiger partial charge in [0.25, 0.3) is 5.91 Å². The smallest absolute Gasteiger partial charge is 0.430 e. The summed E-state index contributed by atoms with van der Waals surface area (Å²) in [6, 6.07) is 10.7. The first-order valence-electron chi connectivity index (χ1n) is 14.6. The average Bonchev–Trinajstić information content (AvgIpc) is 3.16. The molecule has 0 N–H and O–H groups in total. The van der Waals surface area contributed by atoms with E-state index in [0.717, 1.165) is 16.5 Å². The molecule has 1 aromatic heterocycles. The molecule has 0 saturated carbocycles. The molecule has 1 fully saturated rings. The van der Waals surface area contributed by atoms with Gasteiger partial charge in [0.05, 0.1) is 19.3 Å². The molecule has 44 heavy (non-hydrogen) atoms. The maximum absolute atomic E-state index is 15.4. The lowest BCUT2D eigenvalue weighted by atomic mass is 9.93. The van der Waals surface area contributed by atoms with E-state index in [-0.39, 0.29) is 48.6 Å². The minimum Gasteiger partial charge on any atom is -0.430 e. The van der Waals surface area contributed by atoms with Crippen molar-refractivity contribution in [1.29, 1.82) is 0 Å². The Labute approximate surface area is 257 Å². The van der Waals surface area contributed by atoms with Crippen LogP contribution >= 0.6 is 11.8 Å². The largest absolute Gasteiger partial charge is 0.514 e. The highest BCUT2D eigenvalue weighted by Crippen LogP contribution is 2.45. The molecular weight excluding hydrogens is 592 g/mol. The van der Waals surface area contributed by atoms with E-state index in [1.165, 1.54) is 28.7 Å². The second kappa shape index (κ2) is 11.9. The number of nitrogens with zero attached hydrogens (tertiary/aromatic N) is 3. The fourth-order valence-corrected chi connectivity index (χ4v) is 7.44. The zero-order valence-corrected chi connectivity index (χ0v) is 25.6. The Bertz CT molecular complexity index is 1670. The Morgan fingerprint density at radius 1 is 1.02 bits per heavy atom. The molecule has 232 valence electrons. The van der Waals surface area contributed by atoms with Crippen LogP contribution in [0.5, 0.6) is 5.75 Å². The minimum absolute atomic E-state index is 0.0157. The Morgan fingerprint density at radius 2 is 1.77 bits per heavy atom. The normalized spacial score (nSPS) is 19.3. The average molecular weight is 626 g/mol. The van der Waals surface area contributed by atoms with Crippen LogP contribution in [0.3, 0.4) is 0 Å². The van der Waals surface area contributed by atoms with Gasteiger partial charge >= 0.3 is 6.16 Å². The van der Waals surface area contributed by atoms with Gasteiger partial charge < -0.3 is 19.1 Å². The first-order valence-corrected chi connectivity index (χ1v) is 15.6. The van der Waals surface area contributed by atoms with E-state index in [2.05, 4.69) is 0 Å². The van der Waals surface area contributed by atoms with Gasteiger partial charge in [-0.15, -0.1) is 11.8 Å². The Hall–Kier alpha value is -3.90. The zero-order chi connectivity index (χ0) is 31.3. The number of carbonyl (C=O) groups is 2. The lowest BCUT2D eigenvalue weighted by Crippen LogP contribution is -2.66. The lowest BCUT2D eigenvalue weighted by molar-refractivity contribution is -0.0202. The van der Waals surface area contributed by atoms with Crippen molar-refractivity contribution in [3.05, 3.63) is 92.9 Å². The zero-order valence-electron chi connectivity index (χ0n) is 24.8. The third kappa shape index (κ3) is 5.13. The van der Waals surface area contributed by atoms with Crippen LogP contribution in [0, 0.1) is 23.5 Å². The molecule has 6 rings (SSSR count).